The van der Waals surface area contributed by atoms with Gasteiger partial charge in [0.25, 0.3) is 16.0 Å². The summed E-state index contributed by atoms with van der Waals surface area (Å²) in [6, 6.07) is 3.10. The third kappa shape index (κ3) is 2.73. The first-order chi connectivity index (χ1) is 6.62. The van der Waals surface area contributed by atoms with Crippen LogP contribution in [0.15, 0.2) is 23.1 Å². The normalized spacial score (nSPS) is 12.9. The maximum absolute atomic E-state index is 13.0. The Bertz CT molecular complexity index is 475. The molecule has 0 aromatic heterocycles. The molecule has 0 spiro atoms. The maximum Gasteiger partial charge on any atom is 0.294 e. The molecule has 0 fully saturated rings. The molecule has 0 radical (unpaired) electrons. The quantitative estimate of drug-likeness (QED) is 0.802. The van der Waals surface area contributed by atoms with E-state index < -0.39 is 26.5 Å². The summed E-state index contributed by atoms with van der Waals surface area (Å²) in [6.07, 6.45) is 0. The van der Waals surface area contributed by atoms with Crippen LogP contribution >= 0.6 is 0 Å². The minimum Gasteiger partial charge on any atom is -0.282 e. The molecule has 0 heterocycles. The molecule has 0 atom stereocenters. The van der Waals surface area contributed by atoms with Gasteiger partial charge in [0.15, 0.2) is 0 Å². The van der Waals surface area contributed by atoms with Gasteiger partial charge in [0.1, 0.15) is 0 Å². The van der Waals surface area contributed by atoms with Gasteiger partial charge in [-0.05, 0) is 24.6 Å². The second-order valence-corrected chi connectivity index (χ2v) is 4.76. The van der Waals surface area contributed by atoms with Crippen molar-refractivity contribution in [1.82, 2.24) is 0 Å². The lowest BCUT2D eigenvalue weighted by atomic mass is 10.0. The lowest BCUT2D eigenvalue weighted by Crippen LogP contribution is -2.11. The highest BCUT2D eigenvalue weighted by Gasteiger charge is 2.27. The van der Waals surface area contributed by atoms with E-state index in [0.717, 1.165) is 12.1 Å². The summed E-state index contributed by atoms with van der Waals surface area (Å²) in [5, 5.41) is 0. The fraction of sp³-hybridized carbons (Fsp3) is 0.333. The molecule has 1 aromatic carbocycles. The van der Waals surface area contributed by atoms with Crippen LogP contribution in [-0.2, 0) is 16.0 Å². The van der Waals surface area contributed by atoms with Gasteiger partial charge in [0, 0.05) is 12.5 Å². The molecule has 1 aromatic rings. The molecule has 0 bridgehead atoms. The maximum atomic E-state index is 13.0. The summed E-state index contributed by atoms with van der Waals surface area (Å²) in [7, 11) is -4.44. The van der Waals surface area contributed by atoms with Gasteiger partial charge in [-0.2, -0.15) is 8.42 Å². The van der Waals surface area contributed by atoms with Crippen LogP contribution in [0.4, 0.5) is 8.78 Å². The minimum atomic E-state index is -4.44. The Morgan fingerprint density at radius 2 is 1.87 bits per heavy atom. The zero-order valence-electron chi connectivity index (χ0n) is 8.16. The number of benzene rings is 1. The Hall–Kier alpha value is -1.01. The van der Waals surface area contributed by atoms with Crippen molar-refractivity contribution in [3.8, 4) is 0 Å². The van der Waals surface area contributed by atoms with Crippen LogP contribution in [-0.4, -0.2) is 13.0 Å². The lowest BCUT2D eigenvalue weighted by Gasteiger charge is -2.14. The van der Waals surface area contributed by atoms with Crippen LogP contribution in [0.5, 0.6) is 0 Å². The zero-order valence-corrected chi connectivity index (χ0v) is 8.98. The van der Waals surface area contributed by atoms with E-state index in [1.165, 1.54) is 13.0 Å². The van der Waals surface area contributed by atoms with Gasteiger partial charge >= 0.3 is 0 Å². The largest absolute Gasteiger partial charge is 0.294 e. The first-order valence-electron chi connectivity index (χ1n) is 4.09. The first-order valence-corrected chi connectivity index (χ1v) is 5.53. The number of hydrogen-bond donors (Lipinski definition) is 1. The van der Waals surface area contributed by atoms with Crippen molar-refractivity contribution in [1.29, 1.82) is 0 Å². The molecule has 0 saturated heterocycles. The van der Waals surface area contributed by atoms with E-state index in [4.69, 9.17) is 4.55 Å². The van der Waals surface area contributed by atoms with Crippen molar-refractivity contribution in [2.24, 2.45) is 0 Å². The molecule has 0 aliphatic heterocycles. The topological polar surface area (TPSA) is 54.4 Å². The van der Waals surface area contributed by atoms with Crippen molar-refractivity contribution >= 4 is 10.1 Å². The Kier molecular flexibility index (Phi) is 2.84. The minimum absolute atomic E-state index is 0.273. The third-order valence-corrected chi connectivity index (χ3v) is 2.83. The summed E-state index contributed by atoms with van der Waals surface area (Å²) in [4.78, 5) is -0.523. The lowest BCUT2D eigenvalue weighted by molar-refractivity contribution is 0.0166. The Labute approximate surface area is 86.5 Å². The molecule has 0 amide bonds. The predicted octanol–water partition coefficient (Wildman–Crippen LogP) is 2.35. The number of halogens is 2. The van der Waals surface area contributed by atoms with Crippen molar-refractivity contribution in [3.63, 3.8) is 0 Å². The van der Waals surface area contributed by atoms with Gasteiger partial charge in [-0.25, -0.2) is 8.78 Å². The number of hydrogen-bond acceptors (Lipinski definition) is 2. The molecule has 0 aliphatic carbocycles. The highest BCUT2D eigenvalue weighted by molar-refractivity contribution is 7.85. The highest BCUT2D eigenvalue weighted by atomic mass is 32.2. The summed E-state index contributed by atoms with van der Waals surface area (Å²) >= 11 is 0. The molecule has 15 heavy (non-hydrogen) atoms. The van der Waals surface area contributed by atoms with Crippen molar-refractivity contribution in [2.75, 3.05) is 0 Å². The summed E-state index contributed by atoms with van der Waals surface area (Å²) in [6.45, 7) is 2.11. The van der Waals surface area contributed by atoms with Gasteiger partial charge in [-0.3, -0.25) is 4.55 Å². The zero-order chi connectivity index (χ0) is 11.9. The van der Waals surface area contributed by atoms with E-state index in [0.29, 0.717) is 6.92 Å². The van der Waals surface area contributed by atoms with E-state index in [1.807, 2.05) is 0 Å². The fourth-order valence-electron chi connectivity index (χ4n) is 1.23. The van der Waals surface area contributed by atoms with E-state index in [-0.39, 0.29) is 5.56 Å². The van der Waals surface area contributed by atoms with E-state index in [9.17, 15) is 17.2 Å². The molecule has 0 aliphatic rings. The Morgan fingerprint density at radius 1 is 1.33 bits per heavy atom. The second-order valence-electron chi connectivity index (χ2n) is 3.34. The average molecular weight is 236 g/mol. The van der Waals surface area contributed by atoms with Crippen LogP contribution in [0.25, 0.3) is 0 Å². The van der Waals surface area contributed by atoms with E-state index in [2.05, 4.69) is 0 Å². The second kappa shape index (κ2) is 3.53. The molecular weight excluding hydrogens is 226 g/mol. The highest BCUT2D eigenvalue weighted by Crippen LogP contribution is 2.31. The predicted molar refractivity (Wildman–Crippen MR) is 50.6 cm³/mol. The molecule has 1 rings (SSSR count). The van der Waals surface area contributed by atoms with Crippen molar-refractivity contribution in [2.45, 2.75) is 24.7 Å². The molecule has 1 N–H and O–H groups in total. The van der Waals surface area contributed by atoms with E-state index >= 15 is 0 Å². The number of alkyl halides is 2. The van der Waals surface area contributed by atoms with Gasteiger partial charge in [-0.15, -0.1) is 0 Å². The molecule has 6 heteroatoms. The van der Waals surface area contributed by atoms with Gasteiger partial charge in [0.05, 0.1) is 4.90 Å². The van der Waals surface area contributed by atoms with Gasteiger partial charge in [-0.1, -0.05) is 6.07 Å². The SMILES string of the molecule is Cc1ccc(S(=O)(=O)O)cc1C(C)(F)F. The van der Waals surface area contributed by atoms with Crippen LogP contribution in [0, 0.1) is 6.92 Å². The number of aryl methyl sites for hydroxylation is 1. The van der Waals surface area contributed by atoms with E-state index in [1.54, 1.807) is 0 Å². The van der Waals surface area contributed by atoms with Gasteiger partial charge in [0.2, 0.25) is 0 Å². The summed E-state index contributed by atoms with van der Waals surface area (Å²) in [5.41, 5.74) is -0.132. The van der Waals surface area contributed by atoms with Crippen LogP contribution < -0.4 is 0 Å². The Morgan fingerprint density at radius 3 is 2.27 bits per heavy atom. The summed E-state index contributed by atoms with van der Waals surface area (Å²) < 4.78 is 56.2. The smallest absolute Gasteiger partial charge is 0.282 e. The van der Waals surface area contributed by atoms with Gasteiger partial charge < -0.3 is 0 Å². The van der Waals surface area contributed by atoms with Crippen molar-refractivity contribution in [3.05, 3.63) is 29.3 Å². The molecule has 0 unspecified atom stereocenters. The average Bonchev–Trinajstić information content (AvgIpc) is 2.00. The Balaban J connectivity index is 3.43. The third-order valence-electron chi connectivity index (χ3n) is 1.98. The molecule has 3 nitrogen and oxygen atoms in total. The number of rotatable bonds is 2. The van der Waals surface area contributed by atoms with Crippen LogP contribution in [0.2, 0.25) is 0 Å². The monoisotopic (exact) mass is 236 g/mol. The summed E-state index contributed by atoms with van der Waals surface area (Å²) in [5.74, 6) is -3.13. The standard InChI is InChI=1S/C9H10F2O3S/c1-6-3-4-7(15(12,13)14)5-8(6)9(2,10)11/h3-5H,1-2H3,(H,12,13,14). The first kappa shape index (κ1) is 12.1. The molecule has 84 valence electrons. The van der Waals surface area contributed by atoms with Crippen molar-refractivity contribution < 1.29 is 21.8 Å². The molecule has 0 saturated carbocycles. The van der Waals surface area contributed by atoms with Crippen LogP contribution in [0.1, 0.15) is 18.1 Å². The molecular formula is C9H10F2O3S. The fourth-order valence-corrected chi connectivity index (χ4v) is 1.74. The van der Waals surface area contributed by atoms with Crippen LogP contribution in [0.3, 0.4) is 0 Å².